The SMILES string of the molecule is CCC(Nc1sc(Sc2ccc(C(F)(F)F)cc2)cc1C(N)=O)C(=O)C(C)(C)OC(C)=O. The van der Waals surface area contributed by atoms with Crippen LogP contribution in [0.25, 0.3) is 0 Å². The largest absolute Gasteiger partial charge is 0.452 e. The third kappa shape index (κ3) is 6.49. The van der Waals surface area contributed by atoms with Crippen LogP contribution in [-0.4, -0.2) is 29.3 Å². The monoisotopic (exact) mass is 488 g/mol. The molecule has 0 fully saturated rings. The molecule has 2 aromatic rings. The number of ether oxygens (including phenoxy) is 1. The molecular formula is C21H23F3N2O4S2. The molecule has 174 valence electrons. The maximum absolute atomic E-state index is 12.9. The van der Waals surface area contributed by atoms with Crippen molar-refractivity contribution >= 4 is 45.8 Å². The van der Waals surface area contributed by atoms with Gasteiger partial charge in [0.05, 0.1) is 21.4 Å². The molecule has 1 aromatic heterocycles. The number of alkyl halides is 3. The third-order valence-corrected chi connectivity index (χ3v) is 6.59. The van der Waals surface area contributed by atoms with Gasteiger partial charge in [-0.05, 0) is 50.6 Å². The zero-order valence-electron chi connectivity index (χ0n) is 17.8. The van der Waals surface area contributed by atoms with E-state index in [-0.39, 0.29) is 11.3 Å². The summed E-state index contributed by atoms with van der Waals surface area (Å²) >= 11 is 2.31. The summed E-state index contributed by atoms with van der Waals surface area (Å²) in [5.41, 5.74) is 3.50. The number of anilines is 1. The van der Waals surface area contributed by atoms with E-state index in [1.54, 1.807) is 6.92 Å². The van der Waals surface area contributed by atoms with Crippen LogP contribution in [0.2, 0.25) is 0 Å². The number of benzene rings is 1. The molecule has 32 heavy (non-hydrogen) atoms. The normalized spacial score (nSPS) is 12.8. The van der Waals surface area contributed by atoms with Gasteiger partial charge >= 0.3 is 12.1 Å². The van der Waals surface area contributed by atoms with Crippen LogP contribution in [0, 0.1) is 0 Å². The molecule has 3 N–H and O–H groups in total. The van der Waals surface area contributed by atoms with Crippen molar-refractivity contribution in [2.24, 2.45) is 5.73 Å². The predicted molar refractivity (Wildman–Crippen MR) is 117 cm³/mol. The fourth-order valence-corrected chi connectivity index (χ4v) is 5.11. The van der Waals surface area contributed by atoms with E-state index in [2.05, 4.69) is 5.32 Å². The lowest BCUT2D eigenvalue weighted by Gasteiger charge is -2.28. The topological polar surface area (TPSA) is 98.5 Å². The lowest BCUT2D eigenvalue weighted by Crippen LogP contribution is -2.46. The number of hydrogen-bond donors (Lipinski definition) is 2. The van der Waals surface area contributed by atoms with E-state index in [9.17, 15) is 27.6 Å². The fourth-order valence-electron chi connectivity index (χ4n) is 2.88. The van der Waals surface area contributed by atoms with Gasteiger partial charge in [0.1, 0.15) is 5.00 Å². The number of primary amides is 1. The Bertz CT molecular complexity index is 1000. The molecule has 0 aliphatic carbocycles. The summed E-state index contributed by atoms with van der Waals surface area (Å²) in [4.78, 5) is 36.7. The number of hydrogen-bond acceptors (Lipinski definition) is 7. The summed E-state index contributed by atoms with van der Waals surface area (Å²) in [6.07, 6.45) is -4.08. The number of thiophene rings is 1. The first-order chi connectivity index (χ1) is 14.7. The Labute approximate surface area is 191 Å². The molecule has 11 heteroatoms. The number of nitrogens with one attached hydrogen (secondary N) is 1. The first kappa shape index (κ1) is 25.7. The molecular weight excluding hydrogens is 465 g/mol. The first-order valence-corrected chi connectivity index (χ1v) is 11.2. The van der Waals surface area contributed by atoms with Gasteiger partial charge in [-0.1, -0.05) is 18.7 Å². The van der Waals surface area contributed by atoms with E-state index in [4.69, 9.17) is 10.5 Å². The van der Waals surface area contributed by atoms with E-state index < -0.39 is 35.3 Å². The number of nitrogens with two attached hydrogens (primary N) is 1. The van der Waals surface area contributed by atoms with E-state index >= 15 is 0 Å². The number of Topliss-reactive ketones (excluding diaryl/α,β-unsaturated/α-hetero) is 1. The second-order valence-electron chi connectivity index (χ2n) is 7.37. The van der Waals surface area contributed by atoms with Gasteiger partial charge in [-0.2, -0.15) is 13.2 Å². The van der Waals surface area contributed by atoms with Gasteiger partial charge in [0.15, 0.2) is 11.4 Å². The Morgan fingerprint density at radius 2 is 1.78 bits per heavy atom. The molecule has 0 aliphatic heterocycles. The summed E-state index contributed by atoms with van der Waals surface area (Å²) in [7, 11) is 0. The van der Waals surface area contributed by atoms with Gasteiger partial charge in [0.25, 0.3) is 5.91 Å². The lowest BCUT2D eigenvalue weighted by atomic mass is 9.95. The van der Waals surface area contributed by atoms with E-state index in [1.165, 1.54) is 50.7 Å². The molecule has 0 radical (unpaired) electrons. The van der Waals surface area contributed by atoms with Crippen molar-refractivity contribution in [3.05, 3.63) is 41.5 Å². The minimum atomic E-state index is -4.43. The Balaban J connectivity index is 2.26. The molecule has 1 unspecified atom stereocenters. The van der Waals surface area contributed by atoms with Crippen LogP contribution in [0.1, 0.15) is 50.0 Å². The van der Waals surface area contributed by atoms with Crippen molar-refractivity contribution in [1.82, 2.24) is 0 Å². The highest BCUT2D eigenvalue weighted by Crippen LogP contribution is 2.40. The number of amides is 1. The van der Waals surface area contributed by atoms with Crippen LogP contribution in [0.15, 0.2) is 39.4 Å². The number of esters is 1. The summed E-state index contributed by atoms with van der Waals surface area (Å²) in [6, 6.07) is 5.39. The molecule has 0 bridgehead atoms. The highest BCUT2D eigenvalue weighted by Gasteiger charge is 2.36. The summed E-state index contributed by atoms with van der Waals surface area (Å²) in [5, 5.41) is 3.36. The molecule has 1 heterocycles. The summed E-state index contributed by atoms with van der Waals surface area (Å²) in [5.74, 6) is -1.69. The molecule has 6 nitrogen and oxygen atoms in total. The predicted octanol–water partition coefficient (Wildman–Crippen LogP) is 5.12. The van der Waals surface area contributed by atoms with Gasteiger partial charge in [0.2, 0.25) is 0 Å². The lowest BCUT2D eigenvalue weighted by molar-refractivity contribution is -0.162. The average molecular weight is 489 g/mol. The van der Waals surface area contributed by atoms with Crippen molar-refractivity contribution in [2.45, 2.75) is 61.0 Å². The van der Waals surface area contributed by atoms with Crippen molar-refractivity contribution in [3.63, 3.8) is 0 Å². The maximum Gasteiger partial charge on any atom is 0.416 e. The van der Waals surface area contributed by atoms with Gasteiger partial charge in [-0.3, -0.25) is 14.4 Å². The average Bonchev–Trinajstić information content (AvgIpc) is 3.06. The molecule has 0 saturated heterocycles. The third-order valence-electron chi connectivity index (χ3n) is 4.40. The summed E-state index contributed by atoms with van der Waals surface area (Å²) in [6.45, 7) is 5.93. The number of rotatable bonds is 9. The summed E-state index contributed by atoms with van der Waals surface area (Å²) < 4.78 is 44.0. The Morgan fingerprint density at radius 3 is 2.25 bits per heavy atom. The van der Waals surface area contributed by atoms with Crippen LogP contribution in [0.5, 0.6) is 0 Å². The van der Waals surface area contributed by atoms with Crippen LogP contribution in [0.3, 0.4) is 0 Å². The van der Waals surface area contributed by atoms with Gasteiger partial charge in [-0.25, -0.2) is 0 Å². The van der Waals surface area contributed by atoms with Crippen LogP contribution in [0.4, 0.5) is 18.2 Å². The Hall–Kier alpha value is -2.53. The van der Waals surface area contributed by atoms with Crippen LogP contribution < -0.4 is 11.1 Å². The van der Waals surface area contributed by atoms with Crippen molar-refractivity contribution in [1.29, 1.82) is 0 Å². The molecule has 0 aliphatic rings. The van der Waals surface area contributed by atoms with Gasteiger partial charge < -0.3 is 15.8 Å². The standard InChI is InChI=1S/C21H23F3N2O4S2/c1-5-15(17(28)20(3,4)30-11(2)27)26-19-14(18(25)29)10-16(32-19)31-13-8-6-12(7-9-13)21(22,23)24/h6-10,15,26H,5H2,1-4H3,(H2,25,29). The number of carbonyl (C=O) groups is 3. The smallest absolute Gasteiger partial charge is 0.416 e. The van der Waals surface area contributed by atoms with Gasteiger partial charge in [0, 0.05) is 11.8 Å². The van der Waals surface area contributed by atoms with Gasteiger partial charge in [-0.15, -0.1) is 11.3 Å². The number of carbonyl (C=O) groups excluding carboxylic acids is 3. The van der Waals surface area contributed by atoms with Crippen LogP contribution in [-0.2, 0) is 20.5 Å². The zero-order chi connectivity index (χ0) is 24.3. The van der Waals surface area contributed by atoms with E-state index in [0.29, 0.717) is 20.5 Å². The van der Waals surface area contributed by atoms with Crippen LogP contribution >= 0.6 is 23.1 Å². The quantitative estimate of drug-likeness (QED) is 0.476. The number of halogens is 3. The van der Waals surface area contributed by atoms with E-state index in [0.717, 1.165) is 23.5 Å². The molecule has 1 atom stereocenters. The Kier molecular flexibility index (Phi) is 8.00. The van der Waals surface area contributed by atoms with E-state index in [1.807, 2.05) is 0 Å². The molecule has 1 amide bonds. The highest BCUT2D eigenvalue weighted by molar-refractivity contribution is 8.01. The molecule has 1 aromatic carbocycles. The minimum Gasteiger partial charge on any atom is -0.452 e. The maximum atomic E-state index is 12.9. The first-order valence-electron chi connectivity index (χ1n) is 9.53. The highest BCUT2D eigenvalue weighted by atomic mass is 32.2. The van der Waals surface area contributed by atoms with Crippen molar-refractivity contribution < 1.29 is 32.3 Å². The minimum absolute atomic E-state index is 0.154. The molecule has 0 spiro atoms. The van der Waals surface area contributed by atoms with Crippen molar-refractivity contribution in [3.8, 4) is 0 Å². The zero-order valence-corrected chi connectivity index (χ0v) is 19.5. The molecule has 0 saturated carbocycles. The number of ketones is 1. The second-order valence-corrected chi connectivity index (χ2v) is 9.80. The second kappa shape index (κ2) is 9.95. The van der Waals surface area contributed by atoms with Crippen molar-refractivity contribution in [2.75, 3.05) is 5.32 Å². The fraction of sp³-hybridized carbons (Fsp3) is 0.381. The molecule has 2 rings (SSSR count). The Morgan fingerprint density at radius 1 is 1.19 bits per heavy atom.